The number of benzene rings is 1. The molecule has 4 rings (SSSR count). The zero-order valence-electron chi connectivity index (χ0n) is 14.8. The van der Waals surface area contributed by atoms with E-state index < -0.39 is 11.6 Å². The molecule has 1 spiro atoms. The van der Waals surface area contributed by atoms with E-state index in [4.69, 9.17) is 4.74 Å². The van der Waals surface area contributed by atoms with Crippen molar-refractivity contribution >= 4 is 16.6 Å². The monoisotopic (exact) mass is 346 g/mol. The van der Waals surface area contributed by atoms with Crippen LogP contribution in [-0.4, -0.2) is 31.3 Å². The highest BCUT2D eigenvalue weighted by molar-refractivity contribution is 5.92. The molecular formula is C20H24F2N2O. The lowest BCUT2D eigenvalue weighted by Gasteiger charge is -2.45. The number of hydrogen-bond donors (Lipinski definition) is 0. The van der Waals surface area contributed by atoms with E-state index in [1.165, 1.54) is 12.5 Å². The van der Waals surface area contributed by atoms with Gasteiger partial charge in [-0.15, -0.1) is 0 Å². The van der Waals surface area contributed by atoms with Gasteiger partial charge in [-0.05, 0) is 44.7 Å². The van der Waals surface area contributed by atoms with Gasteiger partial charge in [-0.2, -0.15) is 0 Å². The van der Waals surface area contributed by atoms with Crippen LogP contribution in [0.5, 0.6) is 0 Å². The minimum absolute atomic E-state index is 0.155. The average Bonchev–Trinajstić information content (AvgIpc) is 2.96. The fourth-order valence-electron chi connectivity index (χ4n) is 4.93. The molecule has 1 aliphatic carbocycles. The van der Waals surface area contributed by atoms with Crippen molar-refractivity contribution in [3.63, 3.8) is 0 Å². The molecule has 1 saturated heterocycles. The van der Waals surface area contributed by atoms with Crippen LogP contribution in [0, 0.1) is 24.0 Å². The van der Waals surface area contributed by atoms with E-state index in [2.05, 4.69) is 9.88 Å². The lowest BCUT2D eigenvalue weighted by molar-refractivity contribution is 0.00231. The normalized spacial score (nSPS) is 26.7. The number of pyridine rings is 1. The van der Waals surface area contributed by atoms with Crippen molar-refractivity contribution in [1.29, 1.82) is 0 Å². The van der Waals surface area contributed by atoms with Crippen molar-refractivity contribution in [3.05, 3.63) is 35.5 Å². The van der Waals surface area contributed by atoms with Crippen molar-refractivity contribution in [2.75, 3.05) is 25.1 Å². The molecule has 1 aliphatic heterocycles. The van der Waals surface area contributed by atoms with Gasteiger partial charge in [-0.25, -0.2) is 13.8 Å². The molecule has 2 aliphatic rings. The number of nitrogens with zero attached hydrogens (tertiary/aromatic N) is 2. The second kappa shape index (κ2) is 6.20. The second-order valence-corrected chi connectivity index (χ2v) is 7.57. The number of anilines is 1. The molecular weight excluding hydrogens is 322 g/mol. The molecule has 0 unspecified atom stereocenters. The van der Waals surface area contributed by atoms with Crippen molar-refractivity contribution in [3.8, 4) is 0 Å². The van der Waals surface area contributed by atoms with Gasteiger partial charge in [0, 0.05) is 48.4 Å². The van der Waals surface area contributed by atoms with Gasteiger partial charge < -0.3 is 9.64 Å². The number of rotatable bonds is 2. The zero-order chi connectivity index (χ0) is 17.6. The van der Waals surface area contributed by atoms with E-state index in [0.29, 0.717) is 5.39 Å². The standard InChI is InChI=1S/C20H24F2N2O/c1-13-9-17(15-10-14(21)11-16(22)19(15)23-13)24-8-4-7-20(12-24)6-3-5-18(20)25-2/h9-11,18H,3-8,12H2,1-2H3/t18-,20+/m1/s1. The van der Waals surface area contributed by atoms with E-state index in [0.717, 1.165) is 56.2 Å². The third kappa shape index (κ3) is 2.78. The Morgan fingerprint density at radius 3 is 2.80 bits per heavy atom. The number of fused-ring (bicyclic) bond motifs is 1. The van der Waals surface area contributed by atoms with Crippen molar-refractivity contribution in [1.82, 2.24) is 4.98 Å². The summed E-state index contributed by atoms with van der Waals surface area (Å²) in [6.07, 6.45) is 5.95. The minimum Gasteiger partial charge on any atom is -0.381 e. The zero-order valence-corrected chi connectivity index (χ0v) is 14.8. The molecule has 0 amide bonds. The van der Waals surface area contributed by atoms with Crippen LogP contribution in [0.15, 0.2) is 18.2 Å². The fourth-order valence-corrected chi connectivity index (χ4v) is 4.93. The summed E-state index contributed by atoms with van der Waals surface area (Å²) in [5.41, 5.74) is 2.05. The maximum atomic E-state index is 14.2. The summed E-state index contributed by atoms with van der Waals surface area (Å²) in [7, 11) is 1.80. The van der Waals surface area contributed by atoms with E-state index >= 15 is 0 Å². The summed E-state index contributed by atoms with van der Waals surface area (Å²) < 4.78 is 33.9. The Morgan fingerprint density at radius 1 is 1.20 bits per heavy atom. The van der Waals surface area contributed by atoms with Crippen LogP contribution in [0.3, 0.4) is 0 Å². The first-order valence-corrected chi connectivity index (χ1v) is 9.06. The highest BCUT2D eigenvalue weighted by atomic mass is 19.1. The van der Waals surface area contributed by atoms with Gasteiger partial charge in [0.25, 0.3) is 0 Å². The summed E-state index contributed by atoms with van der Waals surface area (Å²) in [5, 5.41) is 0.562. The first-order valence-electron chi connectivity index (χ1n) is 9.06. The van der Waals surface area contributed by atoms with E-state index in [9.17, 15) is 8.78 Å². The fraction of sp³-hybridized carbons (Fsp3) is 0.550. The number of aromatic nitrogens is 1. The Labute approximate surface area is 147 Å². The molecule has 1 saturated carbocycles. The molecule has 1 aromatic heterocycles. The molecule has 3 nitrogen and oxygen atoms in total. The molecule has 2 aromatic rings. The van der Waals surface area contributed by atoms with Gasteiger partial charge in [-0.1, -0.05) is 6.42 Å². The molecule has 2 fully saturated rings. The Hall–Kier alpha value is -1.75. The number of halogens is 2. The van der Waals surface area contributed by atoms with E-state index in [1.54, 1.807) is 7.11 Å². The summed E-state index contributed by atoms with van der Waals surface area (Å²) in [6, 6.07) is 4.27. The maximum absolute atomic E-state index is 14.2. The molecule has 25 heavy (non-hydrogen) atoms. The van der Waals surface area contributed by atoms with Gasteiger partial charge in [0.1, 0.15) is 11.3 Å². The number of ether oxygens (including phenoxy) is 1. The van der Waals surface area contributed by atoms with Crippen molar-refractivity contribution < 1.29 is 13.5 Å². The van der Waals surface area contributed by atoms with Crippen molar-refractivity contribution in [2.45, 2.75) is 45.1 Å². The predicted molar refractivity (Wildman–Crippen MR) is 94.9 cm³/mol. The molecule has 1 aromatic carbocycles. The topological polar surface area (TPSA) is 25.4 Å². The average molecular weight is 346 g/mol. The highest BCUT2D eigenvalue weighted by Crippen LogP contribution is 2.47. The first-order chi connectivity index (χ1) is 12.0. The van der Waals surface area contributed by atoms with Crippen LogP contribution in [0.2, 0.25) is 0 Å². The van der Waals surface area contributed by atoms with E-state index in [-0.39, 0.29) is 17.0 Å². The molecule has 5 heteroatoms. The van der Waals surface area contributed by atoms with E-state index in [1.807, 2.05) is 13.0 Å². The molecule has 134 valence electrons. The Kier molecular flexibility index (Phi) is 4.14. The van der Waals surface area contributed by atoms with Crippen LogP contribution in [0.25, 0.3) is 10.9 Å². The maximum Gasteiger partial charge on any atom is 0.152 e. The van der Waals surface area contributed by atoms with Gasteiger partial charge >= 0.3 is 0 Å². The molecule has 2 atom stereocenters. The Balaban J connectivity index is 1.79. The van der Waals surface area contributed by atoms with Gasteiger partial charge in [0.05, 0.1) is 6.10 Å². The third-order valence-electron chi connectivity index (χ3n) is 6.00. The lowest BCUT2D eigenvalue weighted by atomic mass is 9.76. The van der Waals surface area contributed by atoms with Gasteiger partial charge in [-0.3, -0.25) is 0 Å². The number of hydrogen-bond acceptors (Lipinski definition) is 3. The number of aryl methyl sites for hydroxylation is 1. The second-order valence-electron chi connectivity index (χ2n) is 7.57. The first kappa shape index (κ1) is 16.7. The molecule has 0 radical (unpaired) electrons. The quantitative estimate of drug-likeness (QED) is 0.794. The number of methoxy groups -OCH3 is 1. The predicted octanol–water partition coefficient (Wildman–Crippen LogP) is 4.61. The van der Waals surface area contributed by atoms with Crippen molar-refractivity contribution in [2.24, 2.45) is 5.41 Å². The van der Waals surface area contributed by atoms with Crippen LogP contribution < -0.4 is 4.90 Å². The van der Waals surface area contributed by atoms with Gasteiger partial charge in [0.2, 0.25) is 0 Å². The van der Waals surface area contributed by atoms with Crippen LogP contribution in [0.4, 0.5) is 14.5 Å². The number of piperidine rings is 1. The summed E-state index contributed by atoms with van der Waals surface area (Å²) in [6.45, 7) is 3.63. The summed E-state index contributed by atoms with van der Waals surface area (Å²) >= 11 is 0. The smallest absolute Gasteiger partial charge is 0.152 e. The van der Waals surface area contributed by atoms with Crippen LogP contribution in [0.1, 0.15) is 37.8 Å². The van der Waals surface area contributed by atoms with Crippen LogP contribution >= 0.6 is 0 Å². The highest BCUT2D eigenvalue weighted by Gasteiger charge is 2.46. The third-order valence-corrected chi connectivity index (χ3v) is 6.00. The summed E-state index contributed by atoms with van der Waals surface area (Å²) in [4.78, 5) is 6.59. The van der Waals surface area contributed by atoms with Crippen LogP contribution in [-0.2, 0) is 4.74 Å². The molecule has 0 N–H and O–H groups in total. The summed E-state index contributed by atoms with van der Waals surface area (Å²) in [5.74, 6) is -1.15. The van der Waals surface area contributed by atoms with Gasteiger partial charge in [0.15, 0.2) is 5.82 Å². The SMILES string of the molecule is CO[C@@H]1CCC[C@@]12CCCN(c1cc(C)nc3c(F)cc(F)cc13)C2. The molecule has 2 heterocycles. The largest absolute Gasteiger partial charge is 0.381 e. The molecule has 0 bridgehead atoms. The Bertz CT molecular complexity index is 810. The Morgan fingerprint density at radius 2 is 2.00 bits per heavy atom. The lowest BCUT2D eigenvalue weighted by Crippen LogP contribution is -2.48. The minimum atomic E-state index is -0.595.